The number of aliphatic carboxylic acids is 1. The van der Waals surface area contributed by atoms with Gasteiger partial charge in [0.1, 0.15) is 17.5 Å². The van der Waals surface area contributed by atoms with Gasteiger partial charge in [-0.3, -0.25) is 0 Å². The minimum absolute atomic E-state index is 0.0683. The van der Waals surface area contributed by atoms with Crippen molar-refractivity contribution in [1.82, 2.24) is 4.98 Å². The van der Waals surface area contributed by atoms with E-state index in [1.165, 1.54) is 0 Å². The third-order valence-electron chi connectivity index (χ3n) is 3.10. The van der Waals surface area contributed by atoms with Gasteiger partial charge in [0.05, 0.1) is 16.7 Å². The van der Waals surface area contributed by atoms with Crippen LogP contribution in [0.1, 0.15) is 11.0 Å². The maximum absolute atomic E-state index is 14.1. The molecular weight excluding hydrogens is 307 g/mol. The highest BCUT2D eigenvalue weighted by molar-refractivity contribution is 5.99. The second-order valence-electron chi connectivity index (χ2n) is 4.58. The lowest BCUT2D eigenvalue weighted by Crippen LogP contribution is -1.87. The number of carbonyl (C=O) groups is 1. The molecule has 0 fully saturated rings. The number of carboxylic acids is 1. The van der Waals surface area contributed by atoms with E-state index >= 15 is 0 Å². The van der Waals surface area contributed by atoms with Gasteiger partial charge in [-0.15, -0.1) is 0 Å². The van der Waals surface area contributed by atoms with Crippen LogP contribution in [0, 0.1) is 17.5 Å². The van der Waals surface area contributed by atoms with Crippen LogP contribution >= 0.6 is 0 Å². The van der Waals surface area contributed by atoms with Crippen LogP contribution in [0.4, 0.5) is 13.2 Å². The third-order valence-corrected chi connectivity index (χ3v) is 3.10. The molecule has 3 nitrogen and oxygen atoms in total. The number of H-pyrrole nitrogens is 1. The molecule has 0 saturated heterocycles. The van der Waals surface area contributed by atoms with Crippen molar-refractivity contribution in [1.29, 1.82) is 0 Å². The fourth-order valence-corrected chi connectivity index (χ4v) is 2.19. The van der Waals surface area contributed by atoms with Crippen LogP contribution in [-0.2, 0) is 4.79 Å². The van der Waals surface area contributed by atoms with E-state index in [9.17, 15) is 18.0 Å². The first-order valence-electron chi connectivity index (χ1n) is 8.31. The lowest BCUT2D eigenvalue weighted by atomic mass is 10.0. The molecule has 0 saturated carbocycles. The van der Waals surface area contributed by atoms with E-state index in [0.717, 1.165) is 12.1 Å². The Labute approximate surface area is 134 Å². The summed E-state index contributed by atoms with van der Waals surface area (Å²) in [5.74, 6) is -4.65. The number of hydrogen-bond donors (Lipinski definition) is 2. The standard InChI is InChI=1S/C17H10F3NO2/c18-10-3-1-9(2-4-10)16-12(5-6-15(22)23)13-7-11(19)8-14(20)17(13)21-16/h1-8,21H,(H,22,23)/b6-5+/i1D,2D,3D,4D. The molecule has 0 aliphatic rings. The lowest BCUT2D eigenvalue weighted by molar-refractivity contribution is -0.131. The predicted molar refractivity (Wildman–Crippen MR) is 80.3 cm³/mol. The van der Waals surface area contributed by atoms with E-state index in [-0.39, 0.29) is 22.2 Å². The van der Waals surface area contributed by atoms with E-state index < -0.39 is 53.2 Å². The molecule has 0 unspecified atom stereocenters. The maximum Gasteiger partial charge on any atom is 0.328 e. The van der Waals surface area contributed by atoms with E-state index in [2.05, 4.69) is 4.98 Å². The molecule has 0 aliphatic heterocycles. The number of carboxylic acid groups (broad SMARTS) is 1. The largest absolute Gasteiger partial charge is 0.478 e. The summed E-state index contributed by atoms with van der Waals surface area (Å²) < 4.78 is 72.7. The summed E-state index contributed by atoms with van der Waals surface area (Å²) >= 11 is 0. The number of rotatable bonds is 3. The fourth-order valence-electron chi connectivity index (χ4n) is 2.19. The first-order chi connectivity index (χ1) is 12.6. The second-order valence-corrected chi connectivity index (χ2v) is 4.58. The molecule has 3 rings (SSSR count). The van der Waals surface area contributed by atoms with Crippen LogP contribution in [0.2, 0.25) is 0 Å². The summed E-state index contributed by atoms with van der Waals surface area (Å²) in [4.78, 5) is 13.4. The Morgan fingerprint density at radius 3 is 2.48 bits per heavy atom. The van der Waals surface area contributed by atoms with Crippen molar-refractivity contribution in [2.24, 2.45) is 0 Å². The summed E-state index contributed by atoms with van der Waals surface area (Å²) in [5, 5.41) is 8.79. The first kappa shape index (κ1) is 10.7. The van der Waals surface area contributed by atoms with Crippen LogP contribution in [-0.4, -0.2) is 16.1 Å². The number of aromatic nitrogens is 1. The number of fused-ring (bicyclic) bond motifs is 1. The fraction of sp³-hybridized carbons (Fsp3) is 0. The molecule has 0 bridgehead atoms. The zero-order valence-electron chi connectivity index (χ0n) is 15.3. The molecule has 0 radical (unpaired) electrons. The van der Waals surface area contributed by atoms with Crippen LogP contribution < -0.4 is 0 Å². The van der Waals surface area contributed by atoms with Crippen LogP contribution in [0.3, 0.4) is 0 Å². The Kier molecular flexibility index (Phi) is 2.62. The van der Waals surface area contributed by atoms with Crippen LogP contribution in [0.5, 0.6) is 0 Å². The number of aromatic amines is 1. The maximum atomic E-state index is 14.1. The Bertz CT molecular complexity index is 1110. The van der Waals surface area contributed by atoms with Crippen molar-refractivity contribution in [2.75, 3.05) is 0 Å². The van der Waals surface area contributed by atoms with Crippen LogP contribution in [0.15, 0.2) is 42.4 Å². The summed E-state index contributed by atoms with van der Waals surface area (Å²) in [6, 6.07) is -1.85. The number of benzene rings is 2. The highest BCUT2D eigenvalue weighted by Crippen LogP contribution is 2.33. The van der Waals surface area contributed by atoms with Gasteiger partial charge in [-0.05, 0) is 41.9 Å². The predicted octanol–water partition coefficient (Wildman–Crippen LogP) is 4.35. The van der Waals surface area contributed by atoms with Crippen molar-refractivity contribution >= 4 is 22.9 Å². The SMILES string of the molecule is [2H]c1c([2H])c(-c2[nH]c3c(F)cc(F)cc3c2/C=C/C(=O)O)c([2H])c([2H])c1F. The summed E-state index contributed by atoms with van der Waals surface area (Å²) in [5.41, 5.74) is -0.882. The smallest absolute Gasteiger partial charge is 0.328 e. The summed E-state index contributed by atoms with van der Waals surface area (Å²) in [6.07, 6.45) is 1.69. The number of hydrogen-bond acceptors (Lipinski definition) is 1. The number of halogens is 3. The van der Waals surface area contributed by atoms with E-state index in [0.29, 0.717) is 12.1 Å². The van der Waals surface area contributed by atoms with Gasteiger partial charge < -0.3 is 10.1 Å². The molecule has 1 heterocycles. The molecule has 6 heteroatoms. The average molecular weight is 321 g/mol. The molecule has 0 aliphatic carbocycles. The van der Waals surface area contributed by atoms with Gasteiger partial charge in [0.2, 0.25) is 0 Å². The van der Waals surface area contributed by atoms with E-state index in [4.69, 9.17) is 10.6 Å². The van der Waals surface area contributed by atoms with Gasteiger partial charge in [0, 0.05) is 23.1 Å². The molecule has 0 spiro atoms. The first-order valence-corrected chi connectivity index (χ1v) is 6.31. The minimum atomic E-state index is -1.36. The molecule has 2 aromatic carbocycles. The second kappa shape index (κ2) is 5.64. The molecule has 0 atom stereocenters. The van der Waals surface area contributed by atoms with Gasteiger partial charge in [-0.25, -0.2) is 18.0 Å². The average Bonchev–Trinajstić information content (AvgIpc) is 2.95. The molecule has 3 aromatic rings. The molecule has 0 amide bonds. The van der Waals surface area contributed by atoms with Crippen molar-refractivity contribution in [2.45, 2.75) is 0 Å². The van der Waals surface area contributed by atoms with Crippen LogP contribution in [0.25, 0.3) is 28.2 Å². The molecule has 116 valence electrons. The third kappa shape index (κ3) is 2.83. The highest BCUT2D eigenvalue weighted by atomic mass is 19.1. The quantitative estimate of drug-likeness (QED) is 0.705. The van der Waals surface area contributed by atoms with E-state index in [1.807, 2.05) is 0 Å². The topological polar surface area (TPSA) is 53.1 Å². The molecule has 2 N–H and O–H groups in total. The molecular formula is C17H10F3NO2. The van der Waals surface area contributed by atoms with Crippen molar-refractivity contribution in [3.05, 3.63) is 65.4 Å². The summed E-state index contributed by atoms with van der Waals surface area (Å²) in [6.45, 7) is 0. The van der Waals surface area contributed by atoms with Crippen molar-refractivity contribution < 1.29 is 28.6 Å². The van der Waals surface area contributed by atoms with Gasteiger partial charge in [-0.1, -0.05) is 0 Å². The van der Waals surface area contributed by atoms with Crippen molar-refractivity contribution in [3.63, 3.8) is 0 Å². The summed E-state index contributed by atoms with van der Waals surface area (Å²) in [7, 11) is 0. The lowest BCUT2D eigenvalue weighted by Gasteiger charge is -2.01. The molecule has 23 heavy (non-hydrogen) atoms. The van der Waals surface area contributed by atoms with Gasteiger partial charge in [-0.2, -0.15) is 0 Å². The Hall–Kier alpha value is -3.02. The monoisotopic (exact) mass is 321 g/mol. The van der Waals surface area contributed by atoms with E-state index in [1.54, 1.807) is 0 Å². The molecule has 1 aromatic heterocycles. The Morgan fingerprint density at radius 2 is 1.83 bits per heavy atom. The van der Waals surface area contributed by atoms with Gasteiger partial charge >= 0.3 is 5.97 Å². The normalized spacial score (nSPS) is 13.9. The van der Waals surface area contributed by atoms with Crippen molar-refractivity contribution in [3.8, 4) is 11.3 Å². The van der Waals surface area contributed by atoms with Gasteiger partial charge in [0.25, 0.3) is 0 Å². The number of nitrogens with one attached hydrogen (secondary N) is 1. The minimum Gasteiger partial charge on any atom is -0.478 e. The Morgan fingerprint density at radius 1 is 1.13 bits per heavy atom. The Balaban J connectivity index is 2.48. The van der Waals surface area contributed by atoms with Gasteiger partial charge in [0.15, 0.2) is 0 Å². The highest BCUT2D eigenvalue weighted by Gasteiger charge is 2.15. The zero-order valence-corrected chi connectivity index (χ0v) is 11.3. The zero-order chi connectivity index (χ0) is 20.0.